The van der Waals surface area contributed by atoms with E-state index in [-0.39, 0.29) is 43.0 Å². The number of rotatable bonds is 14. The predicted octanol–water partition coefficient (Wildman–Crippen LogP) is 0.822. The van der Waals surface area contributed by atoms with Crippen molar-refractivity contribution in [3.63, 3.8) is 0 Å². The van der Waals surface area contributed by atoms with Gasteiger partial charge >= 0.3 is 17.9 Å². The van der Waals surface area contributed by atoms with Crippen LogP contribution in [0.3, 0.4) is 0 Å². The average molecular weight is 665 g/mol. The number of amides is 2. The van der Waals surface area contributed by atoms with E-state index in [2.05, 4.69) is 16.7 Å². The molecule has 0 aromatic heterocycles. The van der Waals surface area contributed by atoms with E-state index >= 15 is 0 Å². The number of nitrogens with one attached hydrogen (secondary N) is 2. The number of allylic oxidation sites excluding steroid dienone is 1. The summed E-state index contributed by atoms with van der Waals surface area (Å²) in [5.41, 5.74) is 0.331. The Labute approximate surface area is 272 Å². The van der Waals surface area contributed by atoms with Gasteiger partial charge < -0.3 is 49.3 Å². The van der Waals surface area contributed by atoms with Crippen molar-refractivity contribution in [1.82, 2.24) is 10.6 Å². The fraction of sp³-hybridized carbons (Fsp3) is 0.594. The Hall–Kier alpha value is -4.05. The summed E-state index contributed by atoms with van der Waals surface area (Å²) in [4.78, 5) is 60.9. The molecule has 1 aromatic rings. The number of aliphatic hydroxyl groups is 2. The van der Waals surface area contributed by atoms with Crippen molar-refractivity contribution in [3.05, 3.63) is 41.5 Å². The largest absolute Gasteiger partial charge is 0.463 e. The van der Waals surface area contributed by atoms with Crippen molar-refractivity contribution in [3.8, 4) is 5.75 Å². The lowest BCUT2D eigenvalue weighted by Gasteiger charge is -2.42. The van der Waals surface area contributed by atoms with Crippen LogP contribution in [0.2, 0.25) is 0 Å². The molecule has 0 saturated carbocycles. The van der Waals surface area contributed by atoms with E-state index in [1.54, 1.807) is 0 Å². The second-order valence-corrected chi connectivity index (χ2v) is 11.1. The molecule has 0 radical (unpaired) electrons. The molecule has 0 bridgehead atoms. The molecule has 15 heteroatoms. The normalized spacial score (nSPS) is 24.9. The summed E-state index contributed by atoms with van der Waals surface area (Å²) in [6.45, 7) is 2.51. The zero-order valence-corrected chi connectivity index (χ0v) is 26.8. The van der Waals surface area contributed by atoms with Gasteiger partial charge in [-0.05, 0) is 37.0 Å². The van der Waals surface area contributed by atoms with Crippen molar-refractivity contribution in [2.24, 2.45) is 0 Å². The van der Waals surface area contributed by atoms with Crippen LogP contribution in [0.15, 0.2) is 30.4 Å². The van der Waals surface area contributed by atoms with Crippen LogP contribution in [0.25, 0.3) is 0 Å². The summed E-state index contributed by atoms with van der Waals surface area (Å²) in [6, 6.07) is 4.23. The Morgan fingerprint density at radius 3 is 2.36 bits per heavy atom. The predicted molar refractivity (Wildman–Crippen MR) is 163 cm³/mol. The Bertz CT molecular complexity index is 1270. The number of benzene rings is 1. The summed E-state index contributed by atoms with van der Waals surface area (Å²) >= 11 is 0. The summed E-state index contributed by atoms with van der Waals surface area (Å²) in [7, 11) is 0. The number of carbonyl (C=O) groups is 5. The zero-order valence-electron chi connectivity index (χ0n) is 26.8. The summed E-state index contributed by atoms with van der Waals surface area (Å²) in [5, 5.41) is 25.9. The highest BCUT2D eigenvalue weighted by Crippen LogP contribution is 2.31. The number of hydrogen-bond donors (Lipinski definition) is 4. The van der Waals surface area contributed by atoms with E-state index in [0.29, 0.717) is 5.56 Å². The lowest BCUT2D eigenvalue weighted by atomic mass is 9.98. The first-order chi connectivity index (χ1) is 22.5. The number of hydrogen-bond acceptors (Lipinski definition) is 13. The molecular formula is C32H44N2O13. The van der Waals surface area contributed by atoms with Crippen molar-refractivity contribution >= 4 is 29.7 Å². The van der Waals surface area contributed by atoms with E-state index < -0.39 is 67.7 Å². The number of carbonyl (C=O) groups excluding carboxylic acids is 5. The molecule has 6 atom stereocenters. The van der Waals surface area contributed by atoms with Gasteiger partial charge in [-0.2, -0.15) is 0 Å². The quantitative estimate of drug-likeness (QED) is 0.0942. The Morgan fingerprint density at radius 1 is 0.936 bits per heavy atom. The Morgan fingerprint density at radius 2 is 1.66 bits per heavy atom. The van der Waals surface area contributed by atoms with Crippen LogP contribution in [0.1, 0.15) is 68.8 Å². The van der Waals surface area contributed by atoms with E-state index in [1.165, 1.54) is 18.2 Å². The third kappa shape index (κ3) is 12.2. The van der Waals surface area contributed by atoms with Crippen LogP contribution in [-0.2, 0) is 49.5 Å². The average Bonchev–Trinajstić information content (AvgIpc) is 3.00. The molecule has 1 aliphatic carbocycles. The van der Waals surface area contributed by atoms with Gasteiger partial charge in [-0.1, -0.05) is 31.1 Å². The van der Waals surface area contributed by atoms with Crippen LogP contribution < -0.4 is 15.4 Å². The molecule has 1 fully saturated rings. The third-order valence-electron chi connectivity index (χ3n) is 7.26. The molecule has 3 rings (SSSR count). The van der Waals surface area contributed by atoms with E-state index in [0.717, 1.165) is 52.9 Å². The van der Waals surface area contributed by atoms with Gasteiger partial charge in [-0.3, -0.25) is 24.0 Å². The maximum atomic E-state index is 13.3. The molecule has 1 saturated heterocycles. The van der Waals surface area contributed by atoms with Gasteiger partial charge in [-0.25, -0.2) is 0 Å². The first-order valence-electron chi connectivity index (χ1n) is 15.5. The van der Waals surface area contributed by atoms with Crippen molar-refractivity contribution in [1.29, 1.82) is 0 Å². The molecule has 260 valence electrons. The molecule has 1 unspecified atom stereocenters. The molecule has 4 N–H and O–H groups in total. The zero-order chi connectivity index (χ0) is 34.3. The van der Waals surface area contributed by atoms with Crippen LogP contribution in [0.5, 0.6) is 5.75 Å². The van der Waals surface area contributed by atoms with E-state index in [4.69, 9.17) is 28.4 Å². The summed E-state index contributed by atoms with van der Waals surface area (Å²) < 4.78 is 33.1. The van der Waals surface area contributed by atoms with Crippen LogP contribution in [0.4, 0.5) is 0 Å². The number of esters is 3. The van der Waals surface area contributed by atoms with Gasteiger partial charge in [0.1, 0.15) is 31.2 Å². The van der Waals surface area contributed by atoms with Gasteiger partial charge in [0, 0.05) is 33.9 Å². The first-order valence-corrected chi connectivity index (χ1v) is 15.5. The Balaban J connectivity index is 1.70. The maximum Gasteiger partial charge on any atom is 0.303 e. The topological polar surface area (TPSA) is 205 Å². The van der Waals surface area contributed by atoms with Crippen LogP contribution in [0, 0.1) is 0 Å². The van der Waals surface area contributed by atoms with Gasteiger partial charge in [0.25, 0.3) is 5.91 Å². The minimum absolute atomic E-state index is 0.0396. The highest BCUT2D eigenvalue weighted by molar-refractivity contribution is 5.97. The SMILES string of the molecule is CC(=O)OC[C@H]1O[C@@H](Oc2ccc(CO)cc2C(=O)NCCNC(=O)COC2/C=C\CCCCC2)[C@H](OC(C)=O)[C@@H](OC(C)=O)[C@@H]1O. The fourth-order valence-corrected chi connectivity index (χ4v) is 5.02. The van der Waals surface area contributed by atoms with Gasteiger partial charge in [0.05, 0.1) is 18.3 Å². The van der Waals surface area contributed by atoms with Gasteiger partial charge in [0.2, 0.25) is 18.3 Å². The highest BCUT2D eigenvalue weighted by Gasteiger charge is 2.51. The monoisotopic (exact) mass is 664 g/mol. The van der Waals surface area contributed by atoms with E-state index in [1.807, 2.05) is 6.08 Å². The smallest absolute Gasteiger partial charge is 0.303 e. The molecule has 15 nitrogen and oxygen atoms in total. The van der Waals surface area contributed by atoms with Gasteiger partial charge in [-0.15, -0.1) is 0 Å². The second kappa shape index (κ2) is 18.9. The fourth-order valence-electron chi connectivity index (χ4n) is 5.02. The highest BCUT2D eigenvalue weighted by atomic mass is 16.7. The maximum absolute atomic E-state index is 13.3. The first kappa shape index (κ1) is 37.4. The summed E-state index contributed by atoms with van der Waals surface area (Å²) in [6.07, 6.45) is 1.70. The lowest BCUT2D eigenvalue weighted by molar-refractivity contribution is -0.285. The molecule has 2 amide bonds. The van der Waals surface area contributed by atoms with E-state index in [9.17, 15) is 34.2 Å². The molecule has 1 heterocycles. The molecule has 47 heavy (non-hydrogen) atoms. The molecule has 2 aliphatic rings. The van der Waals surface area contributed by atoms with Crippen molar-refractivity contribution < 1.29 is 62.6 Å². The molecular weight excluding hydrogens is 620 g/mol. The number of ether oxygens (including phenoxy) is 6. The molecule has 1 aliphatic heterocycles. The minimum atomic E-state index is -1.59. The number of aliphatic hydroxyl groups excluding tert-OH is 2. The molecule has 0 spiro atoms. The second-order valence-electron chi connectivity index (χ2n) is 11.1. The molecule has 1 aromatic carbocycles. The van der Waals surface area contributed by atoms with Crippen molar-refractivity contribution in [2.45, 2.75) is 96.3 Å². The summed E-state index contributed by atoms with van der Waals surface area (Å²) in [5.74, 6) is -3.32. The minimum Gasteiger partial charge on any atom is -0.463 e. The standard InChI is InChI=1S/C32H44N2O13/c1-19(36)42-17-26-28(40)29(44-20(2)37)30(45-21(3)38)32(47-26)46-25-12-11-22(16-35)15-24(25)31(41)34-14-13-33-27(39)18-43-23-9-7-5-4-6-8-10-23/h7,9,11-12,15,23,26,28-30,32,35,40H,4-6,8,10,13-14,16-18H2,1-3H3,(H,33,39)(H,34,41)/b9-7-/t23?,26-,28-,29+,30-,32-/m1/s1. The lowest BCUT2D eigenvalue weighted by Crippen LogP contribution is -2.62. The Kier molecular flexibility index (Phi) is 15.1. The van der Waals surface area contributed by atoms with Crippen molar-refractivity contribution in [2.75, 3.05) is 26.3 Å². The van der Waals surface area contributed by atoms with Crippen LogP contribution >= 0.6 is 0 Å². The third-order valence-corrected chi connectivity index (χ3v) is 7.26. The van der Waals surface area contributed by atoms with Gasteiger partial charge in [0.15, 0.2) is 6.10 Å². The van der Waals surface area contributed by atoms with Crippen LogP contribution in [-0.4, -0.2) is 103 Å².